The number of rotatable bonds is 3. The summed E-state index contributed by atoms with van der Waals surface area (Å²) in [6, 6.07) is 12.7. The van der Waals surface area contributed by atoms with Crippen molar-refractivity contribution in [2.45, 2.75) is 13.8 Å². The second kappa shape index (κ2) is 6.54. The van der Waals surface area contributed by atoms with Crippen molar-refractivity contribution in [2.75, 3.05) is 5.32 Å². The van der Waals surface area contributed by atoms with Crippen molar-refractivity contribution in [3.05, 3.63) is 63.6 Å². The van der Waals surface area contributed by atoms with Gasteiger partial charge < -0.3 is 10.5 Å². The Balaban J connectivity index is 2.18. The van der Waals surface area contributed by atoms with Crippen LogP contribution in [0.1, 0.15) is 28.4 Å². The van der Waals surface area contributed by atoms with Crippen LogP contribution in [0, 0.1) is 6.92 Å². The number of anilines is 1. The van der Waals surface area contributed by atoms with Crippen molar-refractivity contribution in [3.8, 4) is 0 Å². The molecule has 2 rings (SSSR count). The van der Waals surface area contributed by atoms with Gasteiger partial charge in [0.05, 0.1) is 11.3 Å². The lowest BCUT2D eigenvalue weighted by Crippen LogP contribution is -2.13. The van der Waals surface area contributed by atoms with Gasteiger partial charge in [0.25, 0.3) is 5.91 Å². The maximum absolute atomic E-state index is 12.3. The van der Waals surface area contributed by atoms with Crippen molar-refractivity contribution < 1.29 is 10.0 Å². The largest absolute Gasteiger partial charge is 0.411 e. The fourth-order valence-corrected chi connectivity index (χ4v) is 2.32. The number of carbonyl (C=O) groups excluding carboxylic acids is 1. The molecular formula is C16H15BrN2O2. The Morgan fingerprint density at radius 3 is 2.48 bits per heavy atom. The fourth-order valence-electron chi connectivity index (χ4n) is 1.87. The predicted molar refractivity (Wildman–Crippen MR) is 87.3 cm³/mol. The molecule has 0 aromatic heterocycles. The number of halogens is 1. The van der Waals surface area contributed by atoms with Crippen molar-refractivity contribution in [1.82, 2.24) is 0 Å². The minimum absolute atomic E-state index is 0.175. The van der Waals surface area contributed by atoms with E-state index >= 15 is 0 Å². The maximum Gasteiger partial charge on any atom is 0.256 e. The Morgan fingerprint density at radius 1 is 1.19 bits per heavy atom. The van der Waals surface area contributed by atoms with Crippen LogP contribution in [-0.4, -0.2) is 16.8 Å². The molecule has 0 aliphatic heterocycles. The minimum Gasteiger partial charge on any atom is -0.411 e. The monoisotopic (exact) mass is 346 g/mol. The summed E-state index contributed by atoms with van der Waals surface area (Å²) in [4.78, 5) is 12.3. The molecule has 0 fully saturated rings. The SMILES string of the molecule is C/C(=N/O)c1ccc(NC(=O)c2cccc(C)c2Br)cc1. The van der Waals surface area contributed by atoms with Crippen molar-refractivity contribution in [3.63, 3.8) is 0 Å². The van der Waals surface area contributed by atoms with E-state index in [1.54, 1.807) is 37.3 Å². The summed E-state index contributed by atoms with van der Waals surface area (Å²) in [5, 5.41) is 14.7. The van der Waals surface area contributed by atoms with Crippen LogP contribution >= 0.6 is 15.9 Å². The Bertz CT molecular complexity index is 694. The van der Waals surface area contributed by atoms with Gasteiger partial charge in [0.15, 0.2) is 0 Å². The number of carbonyl (C=O) groups is 1. The van der Waals surface area contributed by atoms with E-state index in [2.05, 4.69) is 26.4 Å². The summed E-state index contributed by atoms with van der Waals surface area (Å²) in [6.07, 6.45) is 0. The third kappa shape index (κ3) is 3.49. The first kappa shape index (κ1) is 15.3. The fraction of sp³-hybridized carbons (Fsp3) is 0.125. The van der Waals surface area contributed by atoms with Crippen LogP contribution in [0.3, 0.4) is 0 Å². The van der Waals surface area contributed by atoms with E-state index < -0.39 is 0 Å². The highest BCUT2D eigenvalue weighted by atomic mass is 79.9. The number of hydrogen-bond acceptors (Lipinski definition) is 3. The summed E-state index contributed by atoms with van der Waals surface area (Å²) in [7, 11) is 0. The number of hydrogen-bond donors (Lipinski definition) is 2. The van der Waals surface area contributed by atoms with E-state index in [1.165, 1.54) is 0 Å². The van der Waals surface area contributed by atoms with Crippen LogP contribution in [0.15, 0.2) is 52.1 Å². The zero-order valence-electron chi connectivity index (χ0n) is 11.7. The Kier molecular flexibility index (Phi) is 4.75. The van der Waals surface area contributed by atoms with Crippen LogP contribution < -0.4 is 5.32 Å². The molecule has 0 aliphatic carbocycles. The van der Waals surface area contributed by atoms with Gasteiger partial charge in [-0.05, 0) is 59.1 Å². The number of benzene rings is 2. The minimum atomic E-state index is -0.175. The topological polar surface area (TPSA) is 61.7 Å². The van der Waals surface area contributed by atoms with Gasteiger partial charge in [0.1, 0.15) is 0 Å². The van der Waals surface area contributed by atoms with Gasteiger partial charge in [-0.25, -0.2) is 0 Å². The normalized spacial score (nSPS) is 11.3. The Hall–Kier alpha value is -2.14. The first-order valence-corrected chi connectivity index (χ1v) is 7.18. The van der Waals surface area contributed by atoms with E-state index in [0.717, 1.165) is 15.6 Å². The number of nitrogens with zero attached hydrogens (tertiary/aromatic N) is 1. The molecule has 5 heteroatoms. The van der Waals surface area contributed by atoms with Gasteiger partial charge in [-0.1, -0.05) is 29.4 Å². The maximum atomic E-state index is 12.3. The molecule has 2 aromatic carbocycles. The van der Waals surface area contributed by atoms with E-state index in [-0.39, 0.29) is 5.91 Å². The van der Waals surface area contributed by atoms with Crippen molar-refractivity contribution in [2.24, 2.45) is 5.16 Å². The summed E-state index contributed by atoms with van der Waals surface area (Å²) >= 11 is 3.43. The molecule has 2 N–H and O–H groups in total. The lowest BCUT2D eigenvalue weighted by atomic mass is 10.1. The molecule has 0 spiro atoms. The smallest absolute Gasteiger partial charge is 0.256 e. The summed E-state index contributed by atoms with van der Waals surface area (Å²) in [5.41, 5.74) is 3.60. The van der Waals surface area contributed by atoms with Crippen molar-refractivity contribution >= 4 is 33.2 Å². The molecule has 2 aromatic rings. The molecule has 0 radical (unpaired) electrons. The van der Waals surface area contributed by atoms with E-state index in [9.17, 15) is 4.79 Å². The molecule has 0 heterocycles. The van der Waals surface area contributed by atoms with Crippen LogP contribution in [0.5, 0.6) is 0 Å². The Labute approximate surface area is 131 Å². The van der Waals surface area contributed by atoms with E-state index in [4.69, 9.17) is 5.21 Å². The zero-order valence-corrected chi connectivity index (χ0v) is 13.3. The molecular weight excluding hydrogens is 332 g/mol. The summed E-state index contributed by atoms with van der Waals surface area (Å²) < 4.78 is 0.794. The molecule has 0 aliphatic rings. The van der Waals surface area contributed by atoms with Crippen molar-refractivity contribution in [1.29, 1.82) is 0 Å². The summed E-state index contributed by atoms with van der Waals surface area (Å²) in [6.45, 7) is 3.64. The quantitative estimate of drug-likeness (QED) is 0.496. The molecule has 0 unspecified atom stereocenters. The highest BCUT2D eigenvalue weighted by Gasteiger charge is 2.11. The predicted octanol–water partition coefficient (Wildman–Crippen LogP) is 4.21. The second-order valence-electron chi connectivity index (χ2n) is 4.65. The third-order valence-corrected chi connectivity index (χ3v) is 4.20. The molecule has 108 valence electrons. The molecule has 21 heavy (non-hydrogen) atoms. The highest BCUT2D eigenvalue weighted by Crippen LogP contribution is 2.22. The molecule has 4 nitrogen and oxygen atoms in total. The van der Waals surface area contributed by atoms with E-state index in [1.807, 2.05) is 19.1 Å². The van der Waals surface area contributed by atoms with Gasteiger partial charge >= 0.3 is 0 Å². The molecule has 1 amide bonds. The number of oxime groups is 1. The number of nitrogens with one attached hydrogen (secondary N) is 1. The first-order chi connectivity index (χ1) is 10.0. The van der Waals surface area contributed by atoms with E-state index in [0.29, 0.717) is 17.0 Å². The molecule has 0 saturated carbocycles. The van der Waals surface area contributed by atoms with Gasteiger partial charge in [0.2, 0.25) is 0 Å². The second-order valence-corrected chi connectivity index (χ2v) is 5.45. The Morgan fingerprint density at radius 2 is 1.86 bits per heavy atom. The third-order valence-electron chi connectivity index (χ3n) is 3.15. The highest BCUT2D eigenvalue weighted by molar-refractivity contribution is 9.10. The standard InChI is InChI=1S/C16H15BrN2O2/c1-10-4-3-5-14(15(10)17)16(20)18-13-8-6-12(7-9-13)11(2)19-21/h3-9,21H,1-2H3,(H,18,20)/b19-11-. The van der Waals surface area contributed by atoms with Crippen LogP contribution in [0.4, 0.5) is 5.69 Å². The van der Waals surface area contributed by atoms with Gasteiger partial charge in [-0.15, -0.1) is 0 Å². The molecule has 0 bridgehead atoms. The van der Waals surface area contributed by atoms with Crippen LogP contribution in [0.25, 0.3) is 0 Å². The molecule has 0 saturated heterocycles. The first-order valence-electron chi connectivity index (χ1n) is 6.38. The summed E-state index contributed by atoms with van der Waals surface area (Å²) in [5.74, 6) is -0.175. The average molecular weight is 347 g/mol. The zero-order chi connectivity index (χ0) is 15.4. The molecule has 0 atom stereocenters. The average Bonchev–Trinajstić information content (AvgIpc) is 2.50. The number of aryl methyl sites for hydroxylation is 1. The van der Waals surface area contributed by atoms with Gasteiger partial charge in [0, 0.05) is 10.2 Å². The van der Waals surface area contributed by atoms with Crippen LogP contribution in [-0.2, 0) is 0 Å². The lowest BCUT2D eigenvalue weighted by Gasteiger charge is -2.09. The van der Waals surface area contributed by atoms with Gasteiger partial charge in [-0.2, -0.15) is 0 Å². The van der Waals surface area contributed by atoms with Crippen LogP contribution in [0.2, 0.25) is 0 Å². The lowest BCUT2D eigenvalue weighted by molar-refractivity contribution is 0.102. The van der Waals surface area contributed by atoms with Gasteiger partial charge in [-0.3, -0.25) is 4.79 Å². The number of amides is 1.